The second-order valence-corrected chi connectivity index (χ2v) is 1.94. The minimum absolute atomic E-state index is 0.171. The van der Waals surface area contributed by atoms with Crippen LogP contribution in [-0.2, 0) is 0 Å². The predicted octanol–water partition coefficient (Wildman–Crippen LogP) is -0.721. The molecule has 0 spiro atoms. The van der Waals surface area contributed by atoms with E-state index in [4.69, 9.17) is 10.2 Å². The number of aliphatic hydroxyl groups excluding tert-OH is 2. The Kier molecular flexibility index (Phi) is 5.18. The van der Waals surface area contributed by atoms with E-state index in [2.05, 4.69) is 3.53 Å². The minimum atomic E-state index is -0.614. The van der Waals surface area contributed by atoms with Crippen LogP contribution in [0.5, 0.6) is 0 Å². The Morgan fingerprint density at radius 1 is 1.71 bits per heavy atom. The summed E-state index contributed by atoms with van der Waals surface area (Å²) in [5.41, 5.74) is 0. The lowest BCUT2D eigenvalue weighted by molar-refractivity contribution is 0.100. The highest BCUT2D eigenvalue weighted by molar-refractivity contribution is 14.1. The first-order valence-corrected chi connectivity index (χ1v) is 3.01. The largest absolute Gasteiger partial charge is 0.394 e. The molecule has 0 aliphatic rings. The van der Waals surface area contributed by atoms with E-state index in [0.717, 1.165) is 0 Å². The van der Waals surface area contributed by atoms with Gasteiger partial charge in [-0.25, -0.2) is 0 Å². The van der Waals surface area contributed by atoms with Gasteiger partial charge >= 0.3 is 0 Å². The molecule has 0 saturated heterocycles. The fraction of sp³-hybridized carbons (Fsp3) is 1.00. The molecule has 1 unspecified atom stereocenters. The van der Waals surface area contributed by atoms with Crippen molar-refractivity contribution < 1.29 is 10.2 Å². The Labute approximate surface area is 56.2 Å². The third-order valence-corrected chi connectivity index (χ3v) is 0.964. The molecule has 0 aliphatic carbocycles. The van der Waals surface area contributed by atoms with Crippen molar-refractivity contribution in [3.05, 3.63) is 0 Å². The molecule has 0 bridgehead atoms. The zero-order valence-corrected chi connectivity index (χ0v) is 5.92. The van der Waals surface area contributed by atoms with Gasteiger partial charge in [0.25, 0.3) is 0 Å². The van der Waals surface area contributed by atoms with E-state index < -0.39 is 6.10 Å². The maximum absolute atomic E-state index is 8.54. The van der Waals surface area contributed by atoms with Crippen LogP contribution in [-0.4, -0.2) is 29.5 Å². The van der Waals surface area contributed by atoms with Crippen LogP contribution in [0.4, 0.5) is 0 Å². The van der Waals surface area contributed by atoms with Crippen molar-refractivity contribution in [2.24, 2.45) is 0 Å². The summed E-state index contributed by atoms with van der Waals surface area (Å²) >= 11 is 1.90. The Balaban J connectivity index is 2.83. The van der Waals surface area contributed by atoms with Gasteiger partial charge in [0.2, 0.25) is 0 Å². The van der Waals surface area contributed by atoms with Crippen molar-refractivity contribution in [1.29, 1.82) is 0 Å². The fourth-order valence-electron chi connectivity index (χ4n) is 0.154. The van der Waals surface area contributed by atoms with Crippen LogP contribution >= 0.6 is 22.9 Å². The first-order valence-electron chi connectivity index (χ1n) is 1.93. The summed E-state index contributed by atoms with van der Waals surface area (Å²) < 4.78 is 2.68. The Hall–Kier alpha value is 0.610. The molecule has 0 amide bonds. The van der Waals surface area contributed by atoms with Gasteiger partial charge in [-0.15, -0.1) is 0 Å². The lowest BCUT2D eigenvalue weighted by Crippen LogP contribution is -2.23. The van der Waals surface area contributed by atoms with E-state index in [0.29, 0.717) is 6.54 Å². The Morgan fingerprint density at radius 2 is 2.29 bits per heavy atom. The van der Waals surface area contributed by atoms with Crippen LogP contribution in [0.1, 0.15) is 0 Å². The smallest absolute Gasteiger partial charge is 0.0903 e. The molecule has 0 aromatic carbocycles. The van der Waals surface area contributed by atoms with E-state index >= 15 is 0 Å². The summed E-state index contributed by atoms with van der Waals surface area (Å²) in [4.78, 5) is 0. The van der Waals surface area contributed by atoms with Crippen LogP contribution in [0.25, 0.3) is 0 Å². The van der Waals surface area contributed by atoms with E-state index in [1.165, 1.54) is 0 Å². The summed E-state index contributed by atoms with van der Waals surface area (Å²) in [5.74, 6) is 0. The van der Waals surface area contributed by atoms with Crippen LogP contribution in [0.3, 0.4) is 0 Å². The molecule has 4 heteroatoms. The standard InChI is InChI=1S/C3H8INO2/c4-5-1-3(7)2-6/h3,5-7H,1-2H2. The number of hydrogen-bond donors (Lipinski definition) is 3. The van der Waals surface area contributed by atoms with Crippen molar-refractivity contribution >= 4 is 22.9 Å². The molecule has 3 N–H and O–H groups in total. The van der Waals surface area contributed by atoms with Gasteiger partial charge in [0.1, 0.15) is 0 Å². The highest BCUT2D eigenvalue weighted by atomic mass is 127. The number of hydrogen-bond acceptors (Lipinski definition) is 3. The molecular weight excluding hydrogens is 209 g/mol. The highest BCUT2D eigenvalue weighted by Crippen LogP contribution is 1.77. The maximum Gasteiger partial charge on any atom is 0.0903 e. The quantitative estimate of drug-likeness (QED) is 0.432. The molecule has 0 saturated carbocycles. The van der Waals surface area contributed by atoms with Crippen molar-refractivity contribution in [1.82, 2.24) is 3.53 Å². The molecule has 0 fully saturated rings. The molecule has 0 aromatic rings. The number of halogens is 1. The van der Waals surface area contributed by atoms with Crippen molar-refractivity contribution in [2.45, 2.75) is 6.10 Å². The number of aliphatic hydroxyl groups is 2. The molecule has 0 aromatic heterocycles. The Morgan fingerprint density at radius 3 is 2.43 bits per heavy atom. The van der Waals surface area contributed by atoms with Crippen LogP contribution < -0.4 is 3.53 Å². The van der Waals surface area contributed by atoms with E-state index in [-0.39, 0.29) is 6.61 Å². The second kappa shape index (κ2) is 4.76. The molecular formula is C3H8INO2. The van der Waals surface area contributed by atoms with E-state index in [1.54, 1.807) is 0 Å². The number of rotatable bonds is 3. The fourth-order valence-corrected chi connectivity index (χ4v) is 0.662. The van der Waals surface area contributed by atoms with Gasteiger partial charge in [0.05, 0.1) is 12.7 Å². The van der Waals surface area contributed by atoms with Crippen LogP contribution in [0.2, 0.25) is 0 Å². The van der Waals surface area contributed by atoms with Gasteiger partial charge in [0, 0.05) is 29.4 Å². The van der Waals surface area contributed by atoms with Crippen molar-refractivity contribution in [2.75, 3.05) is 13.2 Å². The summed E-state index contributed by atoms with van der Waals surface area (Å²) in [6.45, 7) is 0.271. The molecule has 0 rings (SSSR count). The predicted molar refractivity (Wildman–Crippen MR) is 35.1 cm³/mol. The molecule has 0 heterocycles. The highest BCUT2D eigenvalue weighted by Gasteiger charge is 1.96. The normalized spacial score (nSPS) is 14.1. The molecule has 3 nitrogen and oxygen atoms in total. The summed E-state index contributed by atoms with van der Waals surface area (Å²) in [7, 11) is 0. The van der Waals surface area contributed by atoms with Gasteiger partial charge in [0.15, 0.2) is 0 Å². The molecule has 0 radical (unpaired) electrons. The van der Waals surface area contributed by atoms with Crippen molar-refractivity contribution in [3.63, 3.8) is 0 Å². The maximum atomic E-state index is 8.54. The number of nitrogens with one attached hydrogen (secondary N) is 1. The lowest BCUT2D eigenvalue weighted by Gasteiger charge is -2.01. The molecule has 7 heavy (non-hydrogen) atoms. The van der Waals surface area contributed by atoms with Crippen LogP contribution in [0, 0.1) is 0 Å². The summed E-state index contributed by atoms with van der Waals surface area (Å²) in [6, 6.07) is 0. The van der Waals surface area contributed by atoms with Gasteiger partial charge in [-0.1, -0.05) is 0 Å². The topological polar surface area (TPSA) is 52.5 Å². The third kappa shape index (κ3) is 4.46. The zero-order chi connectivity index (χ0) is 5.70. The van der Waals surface area contributed by atoms with Gasteiger partial charge in [-0.2, -0.15) is 0 Å². The lowest BCUT2D eigenvalue weighted by atomic mass is 10.4. The summed E-state index contributed by atoms with van der Waals surface area (Å²) in [5, 5.41) is 16.7. The van der Waals surface area contributed by atoms with Crippen molar-refractivity contribution in [3.8, 4) is 0 Å². The van der Waals surface area contributed by atoms with Gasteiger partial charge in [-0.05, 0) is 0 Å². The van der Waals surface area contributed by atoms with Gasteiger partial charge in [-0.3, -0.25) is 3.53 Å². The molecule has 44 valence electrons. The Bertz CT molecular complexity index is 43.9. The minimum Gasteiger partial charge on any atom is -0.394 e. The monoisotopic (exact) mass is 217 g/mol. The molecule has 1 atom stereocenters. The molecule has 0 aliphatic heterocycles. The summed E-state index contributed by atoms with van der Waals surface area (Å²) in [6.07, 6.45) is -0.614. The first kappa shape index (κ1) is 7.61. The van der Waals surface area contributed by atoms with E-state index in [9.17, 15) is 0 Å². The average molecular weight is 217 g/mol. The zero-order valence-electron chi connectivity index (χ0n) is 3.76. The first-order chi connectivity index (χ1) is 3.31. The SMILES string of the molecule is OCC(O)CNI. The van der Waals surface area contributed by atoms with E-state index in [1.807, 2.05) is 22.9 Å². The second-order valence-electron chi connectivity index (χ2n) is 1.17. The third-order valence-electron chi connectivity index (χ3n) is 0.524. The van der Waals surface area contributed by atoms with Gasteiger partial charge < -0.3 is 10.2 Å². The van der Waals surface area contributed by atoms with Crippen LogP contribution in [0.15, 0.2) is 0 Å². The average Bonchev–Trinajstić information content (AvgIpc) is 1.68.